The number of methoxy groups -OCH3 is 1. The molecule has 0 aliphatic carbocycles. The molecule has 2 aromatic heterocycles. The number of ether oxygens (including phenoxy) is 1. The number of halogens is 1. The molecule has 0 aliphatic heterocycles. The minimum Gasteiger partial charge on any atom is -0.494 e. The molecule has 184 valence electrons. The van der Waals surface area contributed by atoms with Gasteiger partial charge in [-0.2, -0.15) is 5.10 Å². The fraction of sp³-hybridized carbons (Fsp3) is 0.192. The van der Waals surface area contributed by atoms with E-state index < -0.39 is 11.9 Å². The number of hydrogen-bond acceptors (Lipinski definition) is 6. The van der Waals surface area contributed by atoms with Crippen LogP contribution in [-0.4, -0.2) is 46.9 Å². The van der Waals surface area contributed by atoms with Crippen LogP contribution < -0.4 is 15.4 Å². The maximum Gasteiger partial charge on any atom is 0.252 e. The van der Waals surface area contributed by atoms with Crippen LogP contribution in [-0.2, 0) is 7.05 Å². The largest absolute Gasteiger partial charge is 0.494 e. The molecule has 0 bridgehead atoms. The normalized spacial score (nSPS) is 12.3. The highest BCUT2D eigenvalue weighted by atomic mass is 19.1. The second-order valence-corrected chi connectivity index (χ2v) is 8.08. The molecule has 4 aromatic rings. The Morgan fingerprint density at radius 2 is 2.03 bits per heavy atom. The number of pyridine rings is 1. The van der Waals surface area contributed by atoms with Gasteiger partial charge in [0.2, 0.25) is 0 Å². The number of anilines is 1. The monoisotopic (exact) mass is 487 g/mol. The Morgan fingerprint density at radius 3 is 2.69 bits per heavy atom. The highest BCUT2D eigenvalue weighted by Crippen LogP contribution is 2.27. The first-order chi connectivity index (χ1) is 17.4. The van der Waals surface area contributed by atoms with Crippen LogP contribution in [0.4, 0.5) is 10.2 Å². The summed E-state index contributed by atoms with van der Waals surface area (Å²) in [5.41, 5.74) is 1.71. The van der Waals surface area contributed by atoms with Crippen molar-refractivity contribution in [1.82, 2.24) is 20.1 Å². The van der Waals surface area contributed by atoms with Gasteiger partial charge in [0.25, 0.3) is 5.91 Å². The third kappa shape index (κ3) is 5.38. The van der Waals surface area contributed by atoms with Crippen LogP contribution >= 0.6 is 0 Å². The molecular formula is C26H26FN7O2. The first-order valence-corrected chi connectivity index (χ1v) is 11.2. The van der Waals surface area contributed by atoms with Gasteiger partial charge in [-0.25, -0.2) is 9.37 Å². The minimum atomic E-state index is -0.624. The molecule has 0 fully saturated rings. The number of nitrogens with one attached hydrogen (secondary N) is 3. The number of nitrogens with zero attached hydrogens (tertiary/aromatic N) is 4. The number of rotatable bonds is 8. The van der Waals surface area contributed by atoms with Gasteiger partial charge in [-0.1, -0.05) is 12.1 Å². The second-order valence-electron chi connectivity index (χ2n) is 8.08. The molecule has 0 saturated heterocycles. The van der Waals surface area contributed by atoms with E-state index in [2.05, 4.69) is 25.7 Å². The van der Waals surface area contributed by atoms with E-state index in [0.717, 1.165) is 10.8 Å². The van der Waals surface area contributed by atoms with E-state index in [-0.39, 0.29) is 11.7 Å². The third-order valence-electron chi connectivity index (χ3n) is 5.66. The molecule has 10 heteroatoms. The quantitative estimate of drug-likeness (QED) is 0.255. The maximum absolute atomic E-state index is 14.5. The van der Waals surface area contributed by atoms with Crippen LogP contribution in [0.15, 0.2) is 66.0 Å². The Kier molecular flexibility index (Phi) is 7.33. The van der Waals surface area contributed by atoms with E-state index in [9.17, 15) is 9.18 Å². The van der Waals surface area contributed by atoms with E-state index in [4.69, 9.17) is 10.1 Å². The Hall–Kier alpha value is -4.60. The van der Waals surface area contributed by atoms with Crippen LogP contribution in [0.5, 0.6) is 5.75 Å². The lowest BCUT2D eigenvalue weighted by molar-refractivity contribution is 0.0943. The number of hydrogen-bond donors (Lipinski definition) is 3. The smallest absolute Gasteiger partial charge is 0.252 e. The molecule has 1 unspecified atom stereocenters. The van der Waals surface area contributed by atoms with Gasteiger partial charge in [0.15, 0.2) is 11.6 Å². The van der Waals surface area contributed by atoms with Gasteiger partial charge in [-0.05, 0) is 41.3 Å². The van der Waals surface area contributed by atoms with Crippen molar-refractivity contribution < 1.29 is 13.9 Å². The Balaban J connectivity index is 1.64. The van der Waals surface area contributed by atoms with Crippen LogP contribution in [0.1, 0.15) is 33.9 Å². The molecule has 9 nitrogen and oxygen atoms in total. The van der Waals surface area contributed by atoms with Crippen LogP contribution in [0, 0.1) is 11.2 Å². The van der Waals surface area contributed by atoms with Gasteiger partial charge >= 0.3 is 0 Å². The summed E-state index contributed by atoms with van der Waals surface area (Å²) < 4.78 is 21.1. The van der Waals surface area contributed by atoms with E-state index >= 15 is 0 Å². The number of aryl methyl sites for hydroxylation is 1. The second kappa shape index (κ2) is 10.8. The van der Waals surface area contributed by atoms with Crippen LogP contribution in [0.25, 0.3) is 10.8 Å². The molecular weight excluding hydrogens is 461 g/mol. The SMILES string of the molecule is CN=C(CC=N)Nc1cc2cc(C(=O)NC(c3ccc(OC)c(F)c3)c3cnn(C)c3)ccc2cn1. The van der Waals surface area contributed by atoms with Crippen molar-refractivity contribution in [2.24, 2.45) is 12.0 Å². The van der Waals surface area contributed by atoms with Crippen molar-refractivity contribution in [1.29, 1.82) is 5.41 Å². The number of amides is 1. The molecule has 3 N–H and O–H groups in total. The minimum absolute atomic E-state index is 0.124. The number of carbonyl (C=O) groups excluding carboxylic acids is 1. The van der Waals surface area contributed by atoms with Gasteiger partial charge in [-0.3, -0.25) is 14.5 Å². The number of aliphatic imine (C=N–C) groups is 1. The zero-order chi connectivity index (χ0) is 25.7. The van der Waals surface area contributed by atoms with E-state index in [1.807, 2.05) is 12.1 Å². The lowest BCUT2D eigenvalue weighted by atomic mass is 10.00. The van der Waals surface area contributed by atoms with Crippen molar-refractivity contribution in [3.05, 3.63) is 83.6 Å². The number of amidine groups is 1. The fourth-order valence-corrected chi connectivity index (χ4v) is 3.82. The molecule has 2 aromatic carbocycles. The van der Waals surface area contributed by atoms with Crippen molar-refractivity contribution in [3.63, 3.8) is 0 Å². The number of aromatic nitrogens is 3. The molecule has 0 saturated carbocycles. The lowest BCUT2D eigenvalue weighted by Crippen LogP contribution is -2.29. The van der Waals surface area contributed by atoms with E-state index in [1.54, 1.807) is 55.6 Å². The zero-order valence-corrected chi connectivity index (χ0v) is 20.1. The Labute approximate surface area is 207 Å². The average molecular weight is 488 g/mol. The van der Waals surface area contributed by atoms with Crippen molar-refractivity contribution in [2.45, 2.75) is 12.5 Å². The van der Waals surface area contributed by atoms with Gasteiger partial charge in [0.05, 0.1) is 19.3 Å². The fourth-order valence-electron chi connectivity index (χ4n) is 3.82. The number of fused-ring (bicyclic) bond motifs is 1. The van der Waals surface area contributed by atoms with E-state index in [1.165, 1.54) is 25.5 Å². The van der Waals surface area contributed by atoms with Crippen LogP contribution in [0.2, 0.25) is 0 Å². The molecule has 1 atom stereocenters. The summed E-state index contributed by atoms with van der Waals surface area (Å²) in [6.45, 7) is 0. The van der Waals surface area contributed by atoms with Crippen molar-refractivity contribution in [2.75, 3.05) is 19.5 Å². The molecule has 4 rings (SSSR count). The molecule has 2 heterocycles. The highest BCUT2D eigenvalue weighted by molar-refractivity contribution is 6.03. The number of benzene rings is 2. The zero-order valence-electron chi connectivity index (χ0n) is 20.1. The average Bonchev–Trinajstić information content (AvgIpc) is 3.32. The topological polar surface area (TPSA) is 117 Å². The first kappa shape index (κ1) is 24.5. The van der Waals surface area contributed by atoms with Crippen molar-refractivity contribution >= 4 is 34.5 Å². The molecule has 0 spiro atoms. The maximum atomic E-state index is 14.5. The summed E-state index contributed by atoms with van der Waals surface area (Å²) in [7, 11) is 4.82. The third-order valence-corrected chi connectivity index (χ3v) is 5.66. The molecule has 0 radical (unpaired) electrons. The standard InChI is InChI=1S/C26H26FN7O2/c1-29-23(8-9-28)32-24-12-19-10-17(4-5-18(19)13-30-24)26(35)33-25(20-14-31-34(2)15-20)16-6-7-22(36-3)21(27)11-16/h4-7,9-15,25,28H,8H2,1-3H3,(H,33,35)(H,29,30,32). The predicted octanol–water partition coefficient (Wildman–Crippen LogP) is 4.12. The first-order valence-electron chi connectivity index (χ1n) is 11.2. The van der Waals surface area contributed by atoms with Gasteiger partial charge < -0.3 is 20.8 Å². The Bertz CT molecular complexity index is 1450. The summed E-state index contributed by atoms with van der Waals surface area (Å²) in [5.74, 6) is 0.447. The summed E-state index contributed by atoms with van der Waals surface area (Å²) in [5, 5.41) is 19.2. The summed E-state index contributed by atoms with van der Waals surface area (Å²) in [4.78, 5) is 21.8. The van der Waals surface area contributed by atoms with Gasteiger partial charge in [0, 0.05) is 55.6 Å². The summed E-state index contributed by atoms with van der Waals surface area (Å²) >= 11 is 0. The predicted molar refractivity (Wildman–Crippen MR) is 138 cm³/mol. The summed E-state index contributed by atoms with van der Waals surface area (Å²) in [6.07, 6.45) is 6.73. The molecule has 1 amide bonds. The summed E-state index contributed by atoms with van der Waals surface area (Å²) in [6, 6.07) is 11.1. The molecule has 36 heavy (non-hydrogen) atoms. The van der Waals surface area contributed by atoms with Gasteiger partial charge in [0.1, 0.15) is 11.7 Å². The van der Waals surface area contributed by atoms with Crippen LogP contribution in [0.3, 0.4) is 0 Å². The highest BCUT2D eigenvalue weighted by Gasteiger charge is 2.21. The number of carbonyl (C=O) groups is 1. The van der Waals surface area contributed by atoms with Crippen molar-refractivity contribution in [3.8, 4) is 5.75 Å². The van der Waals surface area contributed by atoms with E-state index in [0.29, 0.717) is 34.8 Å². The molecule has 0 aliphatic rings. The lowest BCUT2D eigenvalue weighted by Gasteiger charge is -2.19. The Morgan fingerprint density at radius 1 is 1.19 bits per heavy atom. The van der Waals surface area contributed by atoms with Gasteiger partial charge in [-0.15, -0.1) is 0 Å².